The Labute approximate surface area is 182 Å². The van der Waals surface area contributed by atoms with Crippen LogP contribution in [0.1, 0.15) is 29.7 Å². The number of halogens is 3. The first-order valence-electron chi connectivity index (χ1n) is 9.64. The van der Waals surface area contributed by atoms with Crippen LogP contribution in [-0.4, -0.2) is 21.8 Å². The van der Waals surface area contributed by atoms with Crippen LogP contribution in [0.2, 0.25) is 0 Å². The van der Waals surface area contributed by atoms with E-state index in [0.29, 0.717) is 18.4 Å². The fraction of sp³-hybridized carbons (Fsp3) is 0.208. The highest BCUT2D eigenvalue weighted by molar-refractivity contribution is 5.78. The Kier molecular flexibility index (Phi) is 6.74. The summed E-state index contributed by atoms with van der Waals surface area (Å²) in [7, 11) is 0. The third kappa shape index (κ3) is 5.39. The maximum absolute atomic E-state index is 13.0. The molecule has 2 atom stereocenters. The van der Waals surface area contributed by atoms with Crippen LogP contribution in [-0.2, 0) is 17.6 Å². The quantitative estimate of drug-likeness (QED) is 0.495. The Hall–Kier alpha value is -3.52. The SMILES string of the molecule is CC(Oc1cccc(C(F)(F)F)c1)(C(=O)O)C(O)c1ccc(OCc2ccccc2)cc1. The number of rotatable bonds is 8. The van der Waals surface area contributed by atoms with E-state index in [-0.39, 0.29) is 11.3 Å². The summed E-state index contributed by atoms with van der Waals surface area (Å²) in [6.45, 7) is 1.42. The van der Waals surface area contributed by atoms with Gasteiger partial charge in [0.2, 0.25) is 5.60 Å². The number of aliphatic hydroxyl groups excluding tert-OH is 1. The van der Waals surface area contributed by atoms with Crippen molar-refractivity contribution in [3.05, 3.63) is 95.6 Å². The third-order valence-corrected chi connectivity index (χ3v) is 4.88. The van der Waals surface area contributed by atoms with Gasteiger partial charge in [0.15, 0.2) is 0 Å². The molecule has 0 spiro atoms. The highest BCUT2D eigenvalue weighted by atomic mass is 19.4. The van der Waals surface area contributed by atoms with Gasteiger partial charge in [-0.2, -0.15) is 13.2 Å². The zero-order valence-corrected chi connectivity index (χ0v) is 17.0. The summed E-state index contributed by atoms with van der Waals surface area (Å²) >= 11 is 0. The van der Waals surface area contributed by atoms with E-state index < -0.39 is 29.4 Å². The number of hydrogen-bond donors (Lipinski definition) is 2. The van der Waals surface area contributed by atoms with Gasteiger partial charge in [-0.1, -0.05) is 48.5 Å². The minimum Gasteiger partial charge on any atom is -0.489 e. The molecule has 8 heteroatoms. The van der Waals surface area contributed by atoms with Crippen molar-refractivity contribution < 1.29 is 37.7 Å². The Balaban J connectivity index is 1.76. The first kappa shape index (κ1) is 23.1. The molecule has 32 heavy (non-hydrogen) atoms. The fourth-order valence-electron chi connectivity index (χ4n) is 3.00. The van der Waals surface area contributed by atoms with Crippen molar-refractivity contribution in [2.75, 3.05) is 0 Å². The van der Waals surface area contributed by atoms with Gasteiger partial charge < -0.3 is 19.7 Å². The zero-order valence-electron chi connectivity index (χ0n) is 17.0. The number of hydrogen-bond acceptors (Lipinski definition) is 4. The Morgan fingerprint density at radius 1 is 0.938 bits per heavy atom. The average Bonchev–Trinajstić information content (AvgIpc) is 2.77. The molecule has 0 saturated heterocycles. The Morgan fingerprint density at radius 2 is 1.59 bits per heavy atom. The summed E-state index contributed by atoms with van der Waals surface area (Å²) in [4.78, 5) is 11.9. The zero-order chi connectivity index (χ0) is 23.4. The number of carboxylic acids is 1. The Bertz CT molecular complexity index is 1050. The van der Waals surface area contributed by atoms with E-state index in [0.717, 1.165) is 24.6 Å². The van der Waals surface area contributed by atoms with Crippen molar-refractivity contribution in [2.24, 2.45) is 0 Å². The number of aliphatic carboxylic acids is 1. The molecule has 0 aliphatic heterocycles. The molecule has 168 valence electrons. The van der Waals surface area contributed by atoms with Crippen molar-refractivity contribution in [1.82, 2.24) is 0 Å². The highest BCUT2D eigenvalue weighted by Crippen LogP contribution is 2.35. The summed E-state index contributed by atoms with van der Waals surface area (Å²) in [6.07, 6.45) is -6.29. The van der Waals surface area contributed by atoms with Crippen molar-refractivity contribution in [1.29, 1.82) is 0 Å². The molecule has 3 aromatic carbocycles. The monoisotopic (exact) mass is 446 g/mol. The third-order valence-electron chi connectivity index (χ3n) is 4.88. The second-order valence-corrected chi connectivity index (χ2v) is 7.29. The van der Waals surface area contributed by atoms with Gasteiger partial charge in [0.05, 0.1) is 5.56 Å². The van der Waals surface area contributed by atoms with Crippen LogP contribution >= 0.6 is 0 Å². The molecule has 0 radical (unpaired) electrons. The molecular formula is C24H21F3O5. The van der Waals surface area contributed by atoms with Crippen molar-refractivity contribution >= 4 is 5.97 Å². The molecule has 3 rings (SSSR count). The van der Waals surface area contributed by atoms with Crippen LogP contribution in [0.5, 0.6) is 11.5 Å². The van der Waals surface area contributed by atoms with Gasteiger partial charge in [-0.25, -0.2) is 4.79 Å². The maximum Gasteiger partial charge on any atom is 0.416 e. The van der Waals surface area contributed by atoms with E-state index in [2.05, 4.69) is 0 Å². The molecule has 3 aromatic rings. The van der Waals surface area contributed by atoms with E-state index in [1.54, 1.807) is 12.1 Å². The van der Waals surface area contributed by atoms with Gasteiger partial charge in [0.1, 0.15) is 24.2 Å². The van der Waals surface area contributed by atoms with Gasteiger partial charge in [0.25, 0.3) is 0 Å². The van der Waals surface area contributed by atoms with Crippen LogP contribution in [0.4, 0.5) is 13.2 Å². The minimum absolute atomic E-state index is 0.203. The highest BCUT2D eigenvalue weighted by Gasteiger charge is 2.45. The second-order valence-electron chi connectivity index (χ2n) is 7.29. The number of ether oxygens (including phenoxy) is 2. The van der Waals surface area contributed by atoms with Crippen LogP contribution in [0, 0.1) is 0 Å². The predicted octanol–water partition coefficient (Wildman–Crippen LogP) is 5.24. The first-order valence-corrected chi connectivity index (χ1v) is 9.64. The predicted molar refractivity (Wildman–Crippen MR) is 110 cm³/mol. The Morgan fingerprint density at radius 3 is 2.19 bits per heavy atom. The molecule has 0 heterocycles. The largest absolute Gasteiger partial charge is 0.489 e. The van der Waals surface area contributed by atoms with Gasteiger partial charge in [-0.3, -0.25) is 0 Å². The summed E-state index contributed by atoms with van der Waals surface area (Å²) in [5, 5.41) is 20.4. The molecule has 2 unspecified atom stereocenters. The van der Waals surface area contributed by atoms with Crippen molar-refractivity contribution in [3.8, 4) is 11.5 Å². The fourth-order valence-corrected chi connectivity index (χ4v) is 3.00. The van der Waals surface area contributed by atoms with Gasteiger partial charge in [-0.05, 0) is 48.4 Å². The molecular weight excluding hydrogens is 425 g/mol. The van der Waals surface area contributed by atoms with Crippen LogP contribution in [0.15, 0.2) is 78.9 Å². The lowest BCUT2D eigenvalue weighted by Gasteiger charge is -2.31. The minimum atomic E-state index is -4.62. The van der Waals surface area contributed by atoms with Crippen LogP contribution < -0.4 is 9.47 Å². The number of benzene rings is 3. The van der Waals surface area contributed by atoms with Crippen LogP contribution in [0.3, 0.4) is 0 Å². The molecule has 0 aromatic heterocycles. The maximum atomic E-state index is 13.0. The van der Waals surface area contributed by atoms with E-state index >= 15 is 0 Å². The molecule has 2 N–H and O–H groups in total. The van der Waals surface area contributed by atoms with Crippen molar-refractivity contribution in [3.63, 3.8) is 0 Å². The molecule has 0 aliphatic rings. The molecule has 0 aliphatic carbocycles. The number of alkyl halides is 3. The average molecular weight is 446 g/mol. The molecule has 0 fully saturated rings. The van der Waals surface area contributed by atoms with Gasteiger partial charge in [-0.15, -0.1) is 0 Å². The van der Waals surface area contributed by atoms with Crippen LogP contribution in [0.25, 0.3) is 0 Å². The smallest absolute Gasteiger partial charge is 0.416 e. The summed E-state index contributed by atoms with van der Waals surface area (Å²) in [6, 6.07) is 19.4. The van der Waals surface area contributed by atoms with Crippen molar-refractivity contribution in [2.45, 2.75) is 31.4 Å². The number of carboxylic acid groups (broad SMARTS) is 1. The van der Waals surface area contributed by atoms with Gasteiger partial charge >= 0.3 is 12.1 Å². The van der Waals surface area contributed by atoms with E-state index in [4.69, 9.17) is 9.47 Å². The summed E-state index contributed by atoms with van der Waals surface area (Å²) < 4.78 is 49.9. The van der Waals surface area contributed by atoms with E-state index in [9.17, 15) is 28.2 Å². The van der Waals surface area contributed by atoms with E-state index in [1.807, 2.05) is 30.3 Å². The lowest BCUT2D eigenvalue weighted by atomic mass is 9.92. The number of carbonyl (C=O) groups is 1. The molecule has 0 saturated carbocycles. The molecule has 0 amide bonds. The molecule has 5 nitrogen and oxygen atoms in total. The lowest BCUT2D eigenvalue weighted by Crippen LogP contribution is -2.47. The number of aliphatic hydroxyl groups is 1. The normalized spacial score (nSPS) is 14.3. The topological polar surface area (TPSA) is 76.0 Å². The summed E-state index contributed by atoms with van der Waals surface area (Å²) in [5.41, 5.74) is -2.06. The standard InChI is InChI=1S/C24H21F3O5/c1-23(22(29)30,32-20-9-5-8-18(14-20)24(25,26)27)21(28)17-10-12-19(13-11-17)31-15-16-6-3-2-4-7-16/h2-14,21,28H,15H2,1H3,(H,29,30). The van der Waals surface area contributed by atoms with Gasteiger partial charge in [0, 0.05) is 0 Å². The second kappa shape index (κ2) is 9.32. The summed E-state index contributed by atoms with van der Waals surface area (Å²) in [5.74, 6) is -1.36. The molecule has 0 bridgehead atoms. The van der Waals surface area contributed by atoms with E-state index in [1.165, 1.54) is 18.2 Å². The lowest BCUT2D eigenvalue weighted by molar-refractivity contribution is -0.164. The first-order chi connectivity index (χ1) is 15.1.